The molecule has 17 heavy (non-hydrogen) atoms. The first kappa shape index (κ1) is 15.7. The first-order chi connectivity index (χ1) is 7.66. The second kappa shape index (κ2) is 7.88. The Labute approximate surface area is 111 Å². The van der Waals surface area contributed by atoms with Gasteiger partial charge < -0.3 is 14.6 Å². The van der Waals surface area contributed by atoms with Gasteiger partial charge in [-0.2, -0.15) is 0 Å². The first-order valence-electron chi connectivity index (χ1n) is 5.00. The number of esters is 1. The predicted octanol–water partition coefficient (Wildman–Crippen LogP) is -2.59. The van der Waals surface area contributed by atoms with Crippen LogP contribution in [0.3, 0.4) is 0 Å². The van der Waals surface area contributed by atoms with E-state index in [0.29, 0.717) is 0 Å². The second-order valence-electron chi connectivity index (χ2n) is 3.18. The minimum absolute atomic E-state index is 0. The van der Waals surface area contributed by atoms with Crippen molar-refractivity contribution in [3.8, 4) is 0 Å². The summed E-state index contributed by atoms with van der Waals surface area (Å²) in [5, 5.41) is 10.7. The van der Waals surface area contributed by atoms with Gasteiger partial charge in [-0.3, -0.25) is 4.98 Å². The predicted molar refractivity (Wildman–Crippen MR) is 53.8 cm³/mol. The number of nitrogens with zero attached hydrogens (tertiary/aromatic N) is 1. The number of aromatic carboxylic acids is 1. The van der Waals surface area contributed by atoms with Crippen molar-refractivity contribution in [2.45, 2.75) is 19.8 Å². The van der Waals surface area contributed by atoms with Crippen LogP contribution in [0.1, 0.15) is 40.6 Å². The Kier molecular flexibility index (Phi) is 7.27. The van der Waals surface area contributed by atoms with E-state index in [9.17, 15) is 14.7 Å². The molecule has 0 radical (unpaired) electrons. The van der Waals surface area contributed by atoms with Crippen LogP contribution >= 0.6 is 0 Å². The number of hydrogen-bond donors (Lipinski definition) is 0. The summed E-state index contributed by atoms with van der Waals surface area (Å²) in [6, 6.07) is 2.83. The number of carboxylic acid groups (broad SMARTS) is 1. The van der Waals surface area contributed by atoms with Crippen LogP contribution in [0.4, 0.5) is 0 Å². The number of aromatic nitrogens is 1. The third-order valence-electron chi connectivity index (χ3n) is 1.95. The van der Waals surface area contributed by atoms with Gasteiger partial charge in [0.05, 0.1) is 18.1 Å². The summed E-state index contributed by atoms with van der Waals surface area (Å²) in [6.45, 7) is 2.24. The number of pyridine rings is 1. The maximum absolute atomic E-state index is 11.5. The molecule has 5 nitrogen and oxygen atoms in total. The standard InChI is InChI=1S/C11H13NO4.Li/c1-2-3-7-16-11(15)8-5-4-6-12-9(8)10(13)14;/h4-6H,2-3,7H2,1H3,(H,13,14);/q;+1/p-1. The van der Waals surface area contributed by atoms with Gasteiger partial charge in [-0.05, 0) is 18.6 Å². The molecule has 0 unspecified atom stereocenters. The van der Waals surface area contributed by atoms with Gasteiger partial charge in [0.2, 0.25) is 0 Å². The van der Waals surface area contributed by atoms with Crippen LogP contribution in [0.5, 0.6) is 0 Å². The molecule has 1 aromatic rings. The summed E-state index contributed by atoms with van der Waals surface area (Å²) in [5.41, 5.74) is -0.456. The largest absolute Gasteiger partial charge is 1.00 e. The van der Waals surface area contributed by atoms with Gasteiger partial charge in [-0.15, -0.1) is 0 Å². The number of rotatable bonds is 5. The van der Waals surface area contributed by atoms with Gasteiger partial charge in [0.25, 0.3) is 0 Å². The maximum Gasteiger partial charge on any atom is 1.00 e. The molecular formula is C11H12LiNO4. The number of carbonyl (C=O) groups is 2. The summed E-state index contributed by atoms with van der Waals surface area (Å²) in [4.78, 5) is 25.7. The molecule has 0 amide bonds. The van der Waals surface area contributed by atoms with Crippen molar-refractivity contribution in [1.82, 2.24) is 4.98 Å². The van der Waals surface area contributed by atoms with Crippen molar-refractivity contribution in [2.75, 3.05) is 6.61 Å². The topological polar surface area (TPSA) is 79.3 Å². The van der Waals surface area contributed by atoms with E-state index in [2.05, 4.69) is 4.98 Å². The van der Waals surface area contributed by atoms with Gasteiger partial charge in [-0.1, -0.05) is 13.3 Å². The van der Waals surface area contributed by atoms with Crippen molar-refractivity contribution < 1.29 is 38.3 Å². The minimum atomic E-state index is -1.48. The van der Waals surface area contributed by atoms with Gasteiger partial charge in [0, 0.05) is 6.20 Å². The Morgan fingerprint density at radius 2 is 2.18 bits per heavy atom. The molecule has 0 aliphatic rings. The smallest absolute Gasteiger partial charge is 0.543 e. The van der Waals surface area contributed by atoms with Crippen LogP contribution in [0, 0.1) is 0 Å². The van der Waals surface area contributed by atoms with Crippen molar-refractivity contribution in [3.63, 3.8) is 0 Å². The van der Waals surface area contributed by atoms with Crippen LogP contribution in [-0.2, 0) is 4.74 Å². The van der Waals surface area contributed by atoms with E-state index in [1.54, 1.807) is 0 Å². The van der Waals surface area contributed by atoms with E-state index >= 15 is 0 Å². The van der Waals surface area contributed by atoms with Crippen molar-refractivity contribution in [3.05, 3.63) is 29.6 Å². The molecule has 0 N–H and O–H groups in total. The Morgan fingerprint density at radius 1 is 1.47 bits per heavy atom. The monoisotopic (exact) mass is 229 g/mol. The van der Waals surface area contributed by atoms with Crippen LogP contribution in [0.15, 0.2) is 18.3 Å². The molecule has 0 bridgehead atoms. The van der Waals surface area contributed by atoms with Gasteiger partial charge in [0.1, 0.15) is 5.69 Å². The minimum Gasteiger partial charge on any atom is -0.543 e. The quantitative estimate of drug-likeness (QED) is 0.314. The Bertz CT molecular complexity index is 395. The maximum atomic E-state index is 11.5. The van der Waals surface area contributed by atoms with E-state index in [0.717, 1.165) is 12.8 Å². The van der Waals surface area contributed by atoms with Crippen molar-refractivity contribution in [2.24, 2.45) is 0 Å². The van der Waals surface area contributed by atoms with Crippen LogP contribution in [0.25, 0.3) is 0 Å². The first-order valence-corrected chi connectivity index (χ1v) is 5.00. The molecule has 1 heterocycles. The molecule has 0 saturated carbocycles. The van der Waals surface area contributed by atoms with Gasteiger partial charge in [-0.25, -0.2) is 4.79 Å². The van der Waals surface area contributed by atoms with Gasteiger partial charge >= 0.3 is 24.8 Å². The molecule has 0 aliphatic heterocycles. The third kappa shape index (κ3) is 4.59. The number of hydrogen-bond acceptors (Lipinski definition) is 5. The fourth-order valence-electron chi connectivity index (χ4n) is 1.12. The third-order valence-corrected chi connectivity index (χ3v) is 1.95. The van der Waals surface area contributed by atoms with E-state index in [4.69, 9.17) is 4.74 Å². The molecule has 0 aromatic carbocycles. The molecule has 0 atom stereocenters. The average molecular weight is 229 g/mol. The number of ether oxygens (including phenoxy) is 1. The van der Waals surface area contributed by atoms with Crippen LogP contribution < -0.4 is 24.0 Å². The Hall–Kier alpha value is -1.31. The summed E-state index contributed by atoms with van der Waals surface area (Å²) >= 11 is 0. The van der Waals surface area contributed by atoms with E-state index in [1.807, 2.05) is 6.92 Å². The number of carbonyl (C=O) groups excluding carboxylic acids is 2. The molecule has 86 valence electrons. The second-order valence-corrected chi connectivity index (χ2v) is 3.18. The normalized spacial score (nSPS) is 9.24. The van der Waals surface area contributed by atoms with Crippen molar-refractivity contribution >= 4 is 11.9 Å². The van der Waals surface area contributed by atoms with Crippen molar-refractivity contribution in [1.29, 1.82) is 0 Å². The summed E-state index contributed by atoms with van der Waals surface area (Å²) in [7, 11) is 0. The zero-order valence-corrected chi connectivity index (χ0v) is 9.93. The van der Waals surface area contributed by atoms with E-state index in [-0.39, 0.29) is 36.7 Å². The molecule has 0 saturated heterocycles. The number of carboxylic acids is 1. The molecular weight excluding hydrogens is 217 g/mol. The fourth-order valence-corrected chi connectivity index (χ4v) is 1.12. The molecule has 0 aliphatic carbocycles. The molecule has 1 rings (SSSR count). The van der Waals surface area contributed by atoms with E-state index in [1.165, 1.54) is 18.3 Å². The summed E-state index contributed by atoms with van der Waals surface area (Å²) in [5.74, 6) is -2.16. The van der Waals surface area contributed by atoms with E-state index < -0.39 is 11.9 Å². The molecule has 1 aromatic heterocycles. The Morgan fingerprint density at radius 3 is 2.76 bits per heavy atom. The zero-order valence-electron chi connectivity index (χ0n) is 9.93. The molecule has 6 heteroatoms. The van der Waals surface area contributed by atoms with Crippen LogP contribution in [-0.4, -0.2) is 23.5 Å². The average Bonchev–Trinajstić information content (AvgIpc) is 2.29. The molecule has 0 fully saturated rings. The fraction of sp³-hybridized carbons (Fsp3) is 0.364. The summed E-state index contributed by atoms with van der Waals surface area (Å²) in [6.07, 6.45) is 2.92. The van der Waals surface area contributed by atoms with Crippen LogP contribution in [0.2, 0.25) is 0 Å². The number of unbranched alkanes of at least 4 members (excludes halogenated alkanes) is 1. The SMILES string of the molecule is CCCCOC(=O)c1cccnc1C(=O)[O-].[Li+]. The summed E-state index contributed by atoms with van der Waals surface area (Å²) < 4.78 is 4.89. The zero-order chi connectivity index (χ0) is 12.0. The molecule has 0 spiro atoms. The Balaban J connectivity index is 0.00000256. The van der Waals surface area contributed by atoms with Gasteiger partial charge in [0.15, 0.2) is 0 Å².